The van der Waals surface area contributed by atoms with Gasteiger partial charge < -0.3 is 10.3 Å². The standard InChI is InChI=1S/C15H11BrN4/c1-9-14(16)15(10(7-17)8-19-9)20-13-4-2-3-12-11(13)5-6-18-12/h2-6,8,18H,1H3,(H,19,20). The Labute approximate surface area is 124 Å². The molecule has 98 valence electrons. The van der Waals surface area contributed by atoms with Gasteiger partial charge in [-0.2, -0.15) is 5.26 Å². The van der Waals surface area contributed by atoms with Crippen molar-refractivity contribution >= 4 is 38.2 Å². The summed E-state index contributed by atoms with van der Waals surface area (Å²) in [6.07, 6.45) is 3.48. The number of hydrogen-bond acceptors (Lipinski definition) is 3. The van der Waals surface area contributed by atoms with Gasteiger partial charge in [0.25, 0.3) is 0 Å². The van der Waals surface area contributed by atoms with Gasteiger partial charge in [-0.1, -0.05) is 6.07 Å². The fraction of sp³-hybridized carbons (Fsp3) is 0.0667. The first-order valence-corrected chi connectivity index (χ1v) is 6.88. The SMILES string of the molecule is Cc1ncc(C#N)c(Nc2cccc3[nH]ccc23)c1Br. The van der Waals surface area contributed by atoms with E-state index in [9.17, 15) is 5.26 Å². The highest BCUT2D eigenvalue weighted by molar-refractivity contribution is 9.10. The number of anilines is 2. The van der Waals surface area contributed by atoms with Gasteiger partial charge in [0.15, 0.2) is 0 Å². The summed E-state index contributed by atoms with van der Waals surface area (Å²) in [5.74, 6) is 0. The number of halogens is 1. The second kappa shape index (κ2) is 4.99. The van der Waals surface area contributed by atoms with Gasteiger partial charge in [0.05, 0.1) is 21.4 Å². The Bertz CT molecular complexity index is 829. The number of nitriles is 1. The number of benzene rings is 1. The quantitative estimate of drug-likeness (QED) is 0.739. The third-order valence-electron chi connectivity index (χ3n) is 3.17. The number of nitrogens with zero attached hydrogens (tertiary/aromatic N) is 2. The van der Waals surface area contributed by atoms with Crippen molar-refractivity contribution in [2.45, 2.75) is 6.92 Å². The van der Waals surface area contributed by atoms with E-state index >= 15 is 0 Å². The molecular weight excluding hydrogens is 316 g/mol. The summed E-state index contributed by atoms with van der Waals surface area (Å²) in [5.41, 5.74) is 4.10. The van der Waals surface area contributed by atoms with Crippen molar-refractivity contribution in [3.05, 3.63) is 52.4 Å². The minimum absolute atomic E-state index is 0.509. The van der Waals surface area contributed by atoms with Crippen LogP contribution >= 0.6 is 15.9 Å². The van der Waals surface area contributed by atoms with Gasteiger partial charge in [0.2, 0.25) is 0 Å². The molecule has 2 aromatic heterocycles. The van der Waals surface area contributed by atoms with Crippen LogP contribution in [0.3, 0.4) is 0 Å². The van der Waals surface area contributed by atoms with Crippen molar-refractivity contribution in [2.24, 2.45) is 0 Å². The van der Waals surface area contributed by atoms with Crippen LogP contribution in [0.2, 0.25) is 0 Å². The first-order chi connectivity index (χ1) is 9.70. The van der Waals surface area contributed by atoms with E-state index in [1.807, 2.05) is 37.4 Å². The molecule has 0 fully saturated rings. The monoisotopic (exact) mass is 326 g/mol. The average molecular weight is 327 g/mol. The van der Waals surface area contributed by atoms with E-state index in [-0.39, 0.29) is 0 Å². The summed E-state index contributed by atoms with van der Waals surface area (Å²) in [4.78, 5) is 7.36. The molecule has 0 aliphatic carbocycles. The van der Waals surface area contributed by atoms with Crippen molar-refractivity contribution in [3.8, 4) is 6.07 Å². The van der Waals surface area contributed by atoms with Gasteiger partial charge in [-0.15, -0.1) is 0 Å². The number of aryl methyl sites for hydroxylation is 1. The number of nitrogens with one attached hydrogen (secondary N) is 2. The molecule has 0 spiro atoms. The fourth-order valence-electron chi connectivity index (χ4n) is 2.12. The van der Waals surface area contributed by atoms with Crippen molar-refractivity contribution in [1.29, 1.82) is 5.26 Å². The Kier molecular flexibility index (Phi) is 3.17. The first kappa shape index (κ1) is 12.7. The van der Waals surface area contributed by atoms with Gasteiger partial charge in [0, 0.05) is 29.0 Å². The topological polar surface area (TPSA) is 64.5 Å². The van der Waals surface area contributed by atoms with Gasteiger partial charge in [-0.25, -0.2) is 0 Å². The lowest BCUT2D eigenvalue weighted by Gasteiger charge is -2.12. The summed E-state index contributed by atoms with van der Waals surface area (Å²) in [6.45, 7) is 1.90. The summed E-state index contributed by atoms with van der Waals surface area (Å²) >= 11 is 3.50. The number of rotatable bonds is 2. The second-order valence-electron chi connectivity index (χ2n) is 4.43. The van der Waals surface area contributed by atoms with Gasteiger partial charge >= 0.3 is 0 Å². The molecule has 2 heterocycles. The number of H-pyrrole nitrogens is 1. The van der Waals surface area contributed by atoms with Crippen molar-refractivity contribution in [1.82, 2.24) is 9.97 Å². The molecule has 0 radical (unpaired) electrons. The van der Waals surface area contributed by atoms with Crippen LogP contribution in [0, 0.1) is 18.3 Å². The Hall–Kier alpha value is -2.32. The predicted octanol–water partition coefficient (Wildman–Crippen LogP) is 4.25. The summed E-state index contributed by atoms with van der Waals surface area (Å²) in [7, 11) is 0. The van der Waals surface area contributed by atoms with Gasteiger partial charge in [-0.05, 0) is 41.1 Å². The Balaban J connectivity index is 2.14. The van der Waals surface area contributed by atoms with Crippen molar-refractivity contribution < 1.29 is 0 Å². The number of hydrogen-bond donors (Lipinski definition) is 2. The van der Waals surface area contributed by atoms with E-state index in [1.165, 1.54) is 0 Å². The Morgan fingerprint density at radius 3 is 3.00 bits per heavy atom. The van der Waals surface area contributed by atoms with E-state index in [0.717, 1.165) is 32.4 Å². The molecule has 0 saturated carbocycles. The van der Waals surface area contributed by atoms with Crippen LogP contribution in [-0.4, -0.2) is 9.97 Å². The highest BCUT2D eigenvalue weighted by atomic mass is 79.9. The zero-order chi connectivity index (χ0) is 14.1. The Morgan fingerprint density at radius 2 is 2.20 bits per heavy atom. The first-order valence-electron chi connectivity index (χ1n) is 6.09. The number of pyridine rings is 1. The number of fused-ring (bicyclic) bond motifs is 1. The zero-order valence-electron chi connectivity index (χ0n) is 10.7. The Morgan fingerprint density at radius 1 is 1.35 bits per heavy atom. The van der Waals surface area contributed by atoms with Gasteiger partial charge in [0.1, 0.15) is 6.07 Å². The number of aromatic amines is 1. The van der Waals surface area contributed by atoms with Crippen LogP contribution < -0.4 is 5.32 Å². The molecule has 20 heavy (non-hydrogen) atoms. The lowest BCUT2D eigenvalue weighted by molar-refractivity contribution is 1.17. The lowest BCUT2D eigenvalue weighted by atomic mass is 10.1. The van der Waals surface area contributed by atoms with Crippen LogP contribution in [0.5, 0.6) is 0 Å². The summed E-state index contributed by atoms with van der Waals surface area (Å²) in [5, 5.41) is 13.6. The highest BCUT2D eigenvalue weighted by Gasteiger charge is 2.12. The molecule has 0 atom stereocenters. The van der Waals surface area contributed by atoms with Crippen LogP contribution in [0.4, 0.5) is 11.4 Å². The van der Waals surface area contributed by atoms with Gasteiger partial charge in [-0.3, -0.25) is 4.98 Å². The molecule has 3 aromatic rings. The van der Waals surface area contributed by atoms with E-state index < -0.39 is 0 Å². The smallest absolute Gasteiger partial charge is 0.103 e. The van der Waals surface area contributed by atoms with Crippen molar-refractivity contribution in [2.75, 3.05) is 5.32 Å². The van der Waals surface area contributed by atoms with E-state index in [4.69, 9.17) is 0 Å². The van der Waals surface area contributed by atoms with E-state index in [1.54, 1.807) is 6.20 Å². The van der Waals surface area contributed by atoms with Crippen LogP contribution in [-0.2, 0) is 0 Å². The summed E-state index contributed by atoms with van der Waals surface area (Å²) in [6, 6.07) is 10.1. The van der Waals surface area contributed by atoms with Crippen LogP contribution in [0.1, 0.15) is 11.3 Å². The molecule has 0 unspecified atom stereocenters. The molecule has 0 saturated heterocycles. The zero-order valence-corrected chi connectivity index (χ0v) is 12.3. The largest absolute Gasteiger partial charge is 0.361 e. The highest BCUT2D eigenvalue weighted by Crippen LogP contribution is 2.33. The second-order valence-corrected chi connectivity index (χ2v) is 5.22. The van der Waals surface area contributed by atoms with Crippen LogP contribution in [0.15, 0.2) is 41.1 Å². The minimum atomic E-state index is 0.509. The molecule has 0 amide bonds. The molecule has 4 nitrogen and oxygen atoms in total. The summed E-state index contributed by atoms with van der Waals surface area (Å²) < 4.78 is 0.809. The maximum absolute atomic E-state index is 9.23. The van der Waals surface area contributed by atoms with Crippen molar-refractivity contribution in [3.63, 3.8) is 0 Å². The van der Waals surface area contributed by atoms with E-state index in [2.05, 4.69) is 37.3 Å². The molecular formula is C15H11BrN4. The molecule has 1 aromatic carbocycles. The maximum atomic E-state index is 9.23. The van der Waals surface area contributed by atoms with E-state index in [0.29, 0.717) is 5.56 Å². The minimum Gasteiger partial charge on any atom is -0.361 e. The molecule has 0 bridgehead atoms. The molecule has 0 aliphatic rings. The predicted molar refractivity (Wildman–Crippen MR) is 83.0 cm³/mol. The lowest BCUT2D eigenvalue weighted by Crippen LogP contribution is -1.98. The molecule has 2 N–H and O–H groups in total. The number of aromatic nitrogens is 2. The molecule has 5 heteroatoms. The molecule has 0 aliphatic heterocycles. The molecule has 3 rings (SSSR count). The normalized spacial score (nSPS) is 10.4. The average Bonchev–Trinajstić information content (AvgIpc) is 2.93. The van der Waals surface area contributed by atoms with Crippen LogP contribution in [0.25, 0.3) is 10.9 Å². The third-order valence-corrected chi connectivity index (χ3v) is 4.14. The maximum Gasteiger partial charge on any atom is 0.103 e. The third kappa shape index (κ3) is 2.04. The fourth-order valence-corrected chi connectivity index (χ4v) is 2.53.